The molecule has 0 spiro atoms. The summed E-state index contributed by atoms with van der Waals surface area (Å²) in [6.07, 6.45) is 4.61. The second-order valence-electron chi connectivity index (χ2n) is 5.12. The van der Waals surface area contributed by atoms with Crippen LogP contribution < -0.4 is 21.7 Å². The van der Waals surface area contributed by atoms with Crippen LogP contribution in [0.2, 0.25) is 0 Å². The highest BCUT2D eigenvalue weighted by molar-refractivity contribution is 7.98. The maximum absolute atomic E-state index is 11.9. The van der Waals surface area contributed by atoms with Crippen LogP contribution in [-0.2, 0) is 19.2 Å². The van der Waals surface area contributed by atoms with Gasteiger partial charge in [0.05, 0.1) is 12.6 Å². The van der Waals surface area contributed by atoms with Crippen LogP contribution in [0.25, 0.3) is 0 Å². The maximum atomic E-state index is 11.9. The smallest absolute Gasteiger partial charge is 0.322 e. The molecule has 0 rings (SSSR count). The molecular weight excluding hydrogens is 368 g/mol. The first-order valence-corrected chi connectivity index (χ1v) is 10.4. The number of amides is 3. The average Bonchev–Trinajstić information content (AvgIpc) is 2.58. The number of nitrogens with one attached hydrogen (secondary N) is 3. The van der Waals surface area contributed by atoms with E-state index < -0.39 is 42.3 Å². The minimum atomic E-state index is -1.17. The van der Waals surface area contributed by atoms with Crippen LogP contribution in [0, 0.1) is 0 Å². The topological polar surface area (TPSA) is 151 Å². The Hall–Kier alpha value is -1.46. The molecule has 0 aromatic rings. The molecule has 0 saturated heterocycles. The van der Waals surface area contributed by atoms with Gasteiger partial charge in [0.25, 0.3) is 0 Å². The summed E-state index contributed by atoms with van der Waals surface area (Å²) < 4.78 is 0. The highest BCUT2D eigenvalue weighted by Crippen LogP contribution is 2.01. The van der Waals surface area contributed by atoms with E-state index in [-0.39, 0.29) is 6.54 Å². The van der Waals surface area contributed by atoms with Gasteiger partial charge in [0.15, 0.2) is 0 Å². The largest absolute Gasteiger partial charge is 0.480 e. The van der Waals surface area contributed by atoms with Gasteiger partial charge >= 0.3 is 5.97 Å². The van der Waals surface area contributed by atoms with Crippen molar-refractivity contribution < 1.29 is 24.3 Å². The van der Waals surface area contributed by atoms with E-state index in [2.05, 4.69) is 16.0 Å². The predicted molar refractivity (Wildman–Crippen MR) is 99.6 cm³/mol. The van der Waals surface area contributed by atoms with Gasteiger partial charge < -0.3 is 26.8 Å². The molecule has 0 aliphatic carbocycles. The quantitative estimate of drug-likeness (QED) is 0.256. The van der Waals surface area contributed by atoms with Gasteiger partial charge in [-0.05, 0) is 36.9 Å². The number of carbonyl (C=O) groups excluding carboxylic acids is 3. The summed E-state index contributed by atoms with van der Waals surface area (Å²) in [7, 11) is 0. The van der Waals surface area contributed by atoms with Crippen molar-refractivity contribution in [3.05, 3.63) is 0 Å². The third-order valence-corrected chi connectivity index (χ3v) is 4.36. The highest BCUT2D eigenvalue weighted by Gasteiger charge is 2.21. The molecule has 6 N–H and O–H groups in total. The van der Waals surface area contributed by atoms with E-state index in [1.165, 1.54) is 11.8 Å². The predicted octanol–water partition coefficient (Wildman–Crippen LogP) is -1.38. The van der Waals surface area contributed by atoms with Gasteiger partial charge in [-0.15, -0.1) is 0 Å². The molecule has 0 aromatic heterocycles. The monoisotopic (exact) mass is 394 g/mol. The van der Waals surface area contributed by atoms with E-state index in [9.17, 15) is 19.2 Å². The van der Waals surface area contributed by atoms with E-state index in [1.54, 1.807) is 11.8 Å². The van der Waals surface area contributed by atoms with Crippen molar-refractivity contribution in [1.29, 1.82) is 0 Å². The molecule has 0 radical (unpaired) electrons. The van der Waals surface area contributed by atoms with E-state index in [4.69, 9.17) is 10.8 Å². The van der Waals surface area contributed by atoms with Crippen LogP contribution in [-0.4, -0.2) is 78.0 Å². The first kappa shape index (κ1) is 23.5. The van der Waals surface area contributed by atoms with Crippen LogP contribution in [0.4, 0.5) is 0 Å². The van der Waals surface area contributed by atoms with Crippen molar-refractivity contribution in [1.82, 2.24) is 16.0 Å². The van der Waals surface area contributed by atoms with Gasteiger partial charge in [0.1, 0.15) is 12.6 Å². The number of hydrogen-bond donors (Lipinski definition) is 5. The number of carboxylic acids is 1. The first-order valence-electron chi connectivity index (χ1n) is 7.61. The van der Waals surface area contributed by atoms with Crippen molar-refractivity contribution in [3.63, 3.8) is 0 Å². The molecular formula is C14H26N4O5S2. The van der Waals surface area contributed by atoms with Gasteiger partial charge in [0, 0.05) is 0 Å². The SMILES string of the molecule is CSCCC(N)C(=O)NCC(=O)NC(CCSC)C(=O)NCC(=O)O. The summed E-state index contributed by atoms with van der Waals surface area (Å²) in [6.45, 7) is -0.820. The lowest BCUT2D eigenvalue weighted by molar-refractivity contribution is -0.138. The number of hydrogen-bond acceptors (Lipinski definition) is 7. The molecule has 0 aliphatic rings. The number of carbonyl (C=O) groups is 4. The average molecular weight is 395 g/mol. The summed E-state index contributed by atoms with van der Waals surface area (Å²) in [4.78, 5) is 46.1. The first-order chi connectivity index (χ1) is 11.8. The zero-order valence-corrected chi connectivity index (χ0v) is 16.0. The van der Waals surface area contributed by atoms with Crippen LogP contribution in [0.5, 0.6) is 0 Å². The van der Waals surface area contributed by atoms with Gasteiger partial charge in [-0.1, -0.05) is 0 Å². The summed E-state index contributed by atoms with van der Waals surface area (Å²) in [6, 6.07) is -1.55. The molecule has 0 fully saturated rings. The molecule has 0 aromatic carbocycles. The highest BCUT2D eigenvalue weighted by atomic mass is 32.2. The fourth-order valence-electron chi connectivity index (χ4n) is 1.71. The molecule has 9 nitrogen and oxygen atoms in total. The Morgan fingerprint density at radius 3 is 2.08 bits per heavy atom. The molecule has 25 heavy (non-hydrogen) atoms. The van der Waals surface area contributed by atoms with Crippen molar-refractivity contribution in [2.45, 2.75) is 24.9 Å². The Balaban J connectivity index is 4.42. The van der Waals surface area contributed by atoms with Gasteiger partial charge in [-0.3, -0.25) is 19.2 Å². The lowest BCUT2D eigenvalue weighted by Gasteiger charge is -2.18. The normalized spacial score (nSPS) is 12.8. The van der Waals surface area contributed by atoms with Crippen LogP contribution in [0.3, 0.4) is 0 Å². The molecule has 144 valence electrons. The van der Waals surface area contributed by atoms with Gasteiger partial charge in [-0.25, -0.2) is 0 Å². The summed E-state index contributed by atoms with van der Waals surface area (Å²) >= 11 is 3.06. The zero-order chi connectivity index (χ0) is 19.2. The molecule has 0 bridgehead atoms. The van der Waals surface area contributed by atoms with Crippen LogP contribution >= 0.6 is 23.5 Å². The molecule has 0 saturated carbocycles. The van der Waals surface area contributed by atoms with Crippen molar-refractivity contribution in [2.24, 2.45) is 5.73 Å². The molecule has 0 heterocycles. The third-order valence-electron chi connectivity index (χ3n) is 3.07. The standard InChI is InChI=1S/C14H26N4O5S2/c1-24-5-3-9(15)13(22)16-7-11(19)18-10(4-6-25-2)14(23)17-8-12(20)21/h9-10H,3-8,15H2,1-2H3,(H,16,22)(H,17,23)(H,18,19)(H,20,21). The van der Waals surface area contributed by atoms with E-state index in [0.717, 1.165) is 5.75 Å². The van der Waals surface area contributed by atoms with Crippen LogP contribution in [0.1, 0.15) is 12.8 Å². The molecule has 2 unspecified atom stereocenters. The summed E-state index contributed by atoms with van der Waals surface area (Å²) in [5.41, 5.74) is 5.69. The molecule has 11 heteroatoms. The maximum Gasteiger partial charge on any atom is 0.322 e. The number of aliphatic carboxylic acids is 1. The van der Waals surface area contributed by atoms with E-state index in [0.29, 0.717) is 18.6 Å². The summed E-state index contributed by atoms with van der Waals surface area (Å²) in [5.74, 6) is -1.37. The second kappa shape index (κ2) is 13.8. The minimum absolute atomic E-state index is 0.298. The van der Waals surface area contributed by atoms with Crippen molar-refractivity contribution in [3.8, 4) is 0 Å². The Morgan fingerprint density at radius 1 is 0.960 bits per heavy atom. The number of nitrogens with two attached hydrogens (primary N) is 1. The minimum Gasteiger partial charge on any atom is -0.480 e. The number of rotatable bonds is 13. The second-order valence-corrected chi connectivity index (χ2v) is 7.09. The third kappa shape index (κ3) is 11.7. The van der Waals surface area contributed by atoms with Gasteiger partial charge in [0.2, 0.25) is 17.7 Å². The van der Waals surface area contributed by atoms with Gasteiger partial charge in [-0.2, -0.15) is 23.5 Å². The zero-order valence-electron chi connectivity index (χ0n) is 14.4. The van der Waals surface area contributed by atoms with E-state index in [1.807, 2.05) is 12.5 Å². The number of thioether (sulfide) groups is 2. The van der Waals surface area contributed by atoms with Crippen LogP contribution in [0.15, 0.2) is 0 Å². The Labute approximate surface area is 155 Å². The lowest BCUT2D eigenvalue weighted by Crippen LogP contribution is -2.51. The van der Waals surface area contributed by atoms with Crippen molar-refractivity contribution >= 4 is 47.2 Å². The fourth-order valence-corrected chi connectivity index (χ4v) is 2.67. The Kier molecular flexibility index (Phi) is 13.0. The molecule has 2 atom stereocenters. The number of carboxylic acid groups (broad SMARTS) is 1. The molecule has 0 aliphatic heterocycles. The van der Waals surface area contributed by atoms with Crippen molar-refractivity contribution in [2.75, 3.05) is 37.1 Å². The lowest BCUT2D eigenvalue weighted by atomic mass is 10.2. The Bertz CT molecular complexity index is 465. The van der Waals surface area contributed by atoms with E-state index >= 15 is 0 Å². The fraction of sp³-hybridized carbons (Fsp3) is 0.714. The Morgan fingerprint density at radius 2 is 1.52 bits per heavy atom. The molecule has 3 amide bonds. The summed E-state index contributed by atoms with van der Waals surface area (Å²) in [5, 5.41) is 15.7.